The van der Waals surface area contributed by atoms with Crippen LogP contribution in [0.1, 0.15) is 48.0 Å². The third-order valence-corrected chi connectivity index (χ3v) is 3.44. The quantitative estimate of drug-likeness (QED) is 0.934. The van der Waals surface area contributed by atoms with Crippen LogP contribution in [0.5, 0.6) is 0 Å². The Balaban J connectivity index is 1.99. The van der Waals surface area contributed by atoms with Crippen LogP contribution in [0.2, 0.25) is 0 Å². The second kappa shape index (κ2) is 6.08. The number of hydrogen-bond donors (Lipinski definition) is 1. The molecule has 2 aromatic rings. The van der Waals surface area contributed by atoms with Gasteiger partial charge in [0.25, 0.3) is 5.91 Å². The Labute approximate surface area is 126 Å². The minimum Gasteiger partial charge on any atom is -0.348 e. The summed E-state index contributed by atoms with van der Waals surface area (Å²) < 4.78 is 0. The predicted octanol–water partition coefficient (Wildman–Crippen LogP) is 3.62. The van der Waals surface area contributed by atoms with E-state index >= 15 is 0 Å². The number of aromatic nitrogens is 1. The zero-order valence-electron chi connectivity index (χ0n) is 13.1. The summed E-state index contributed by atoms with van der Waals surface area (Å²) in [7, 11) is 0. The van der Waals surface area contributed by atoms with Crippen LogP contribution >= 0.6 is 0 Å². The minimum atomic E-state index is -0.0592. The fraction of sp³-hybridized carbons (Fsp3) is 0.333. The fourth-order valence-corrected chi connectivity index (χ4v) is 2.01. The van der Waals surface area contributed by atoms with Crippen LogP contribution in [0.3, 0.4) is 0 Å². The molecule has 0 spiro atoms. The van der Waals surface area contributed by atoms with Gasteiger partial charge in [-0.2, -0.15) is 0 Å². The van der Waals surface area contributed by atoms with Crippen LogP contribution in [0, 0.1) is 6.92 Å². The van der Waals surface area contributed by atoms with Crippen molar-refractivity contribution < 1.29 is 4.79 Å². The molecule has 1 aromatic carbocycles. The number of carbonyl (C=O) groups excluding carboxylic acids is 1. The highest BCUT2D eigenvalue weighted by molar-refractivity contribution is 5.94. The third kappa shape index (κ3) is 4.15. The first-order valence-corrected chi connectivity index (χ1v) is 7.16. The van der Waals surface area contributed by atoms with Gasteiger partial charge in [0.2, 0.25) is 0 Å². The molecule has 0 bridgehead atoms. The maximum Gasteiger partial charge on any atom is 0.251 e. The van der Waals surface area contributed by atoms with Gasteiger partial charge in [0.1, 0.15) is 0 Å². The van der Waals surface area contributed by atoms with Gasteiger partial charge in [-0.3, -0.25) is 9.78 Å². The lowest BCUT2D eigenvalue weighted by Gasteiger charge is -2.19. The van der Waals surface area contributed by atoms with Gasteiger partial charge in [0.05, 0.1) is 0 Å². The molecular weight excluding hydrogens is 260 g/mol. The molecule has 3 heteroatoms. The summed E-state index contributed by atoms with van der Waals surface area (Å²) in [5.74, 6) is -0.0592. The number of carbonyl (C=O) groups is 1. The Morgan fingerprint density at radius 2 is 1.76 bits per heavy atom. The highest BCUT2D eigenvalue weighted by Crippen LogP contribution is 2.22. The van der Waals surface area contributed by atoms with Gasteiger partial charge in [-0.25, -0.2) is 0 Å². The molecule has 0 atom stereocenters. The van der Waals surface area contributed by atoms with E-state index in [0.717, 1.165) is 11.3 Å². The Kier molecular flexibility index (Phi) is 4.41. The Hall–Kier alpha value is -2.16. The molecular formula is C18H22N2O. The number of hydrogen-bond acceptors (Lipinski definition) is 2. The summed E-state index contributed by atoms with van der Waals surface area (Å²) >= 11 is 0. The lowest BCUT2D eigenvalue weighted by Crippen LogP contribution is -2.23. The smallest absolute Gasteiger partial charge is 0.251 e. The SMILES string of the molecule is Cc1ccc(CNC(=O)c2ccc(C(C)(C)C)cc2)cn1. The average molecular weight is 282 g/mol. The molecule has 0 saturated carbocycles. The Bertz CT molecular complexity index is 607. The van der Waals surface area contributed by atoms with Crippen molar-refractivity contribution in [2.24, 2.45) is 0 Å². The first-order valence-electron chi connectivity index (χ1n) is 7.16. The van der Waals surface area contributed by atoms with Gasteiger partial charge in [-0.1, -0.05) is 39.0 Å². The molecule has 2 rings (SSSR count). The zero-order chi connectivity index (χ0) is 15.5. The van der Waals surface area contributed by atoms with Crippen LogP contribution in [-0.2, 0) is 12.0 Å². The third-order valence-electron chi connectivity index (χ3n) is 3.44. The number of rotatable bonds is 3. The van der Waals surface area contributed by atoms with Crippen molar-refractivity contribution in [2.45, 2.75) is 39.7 Å². The van der Waals surface area contributed by atoms with Gasteiger partial charge in [0.15, 0.2) is 0 Å². The first kappa shape index (κ1) is 15.2. The van der Waals surface area contributed by atoms with Crippen molar-refractivity contribution in [2.75, 3.05) is 0 Å². The summed E-state index contributed by atoms with van der Waals surface area (Å²) in [6, 6.07) is 11.7. The van der Waals surface area contributed by atoms with Crippen LogP contribution in [0.25, 0.3) is 0 Å². The molecule has 0 aliphatic heterocycles. The molecule has 110 valence electrons. The van der Waals surface area contributed by atoms with Gasteiger partial charge >= 0.3 is 0 Å². The van der Waals surface area contributed by atoms with Crippen LogP contribution in [0.15, 0.2) is 42.6 Å². The van der Waals surface area contributed by atoms with E-state index in [0.29, 0.717) is 12.1 Å². The van der Waals surface area contributed by atoms with Crippen molar-refractivity contribution in [3.05, 3.63) is 65.0 Å². The maximum absolute atomic E-state index is 12.1. The highest BCUT2D eigenvalue weighted by Gasteiger charge is 2.14. The molecule has 1 heterocycles. The number of benzene rings is 1. The molecule has 21 heavy (non-hydrogen) atoms. The van der Waals surface area contributed by atoms with E-state index in [1.54, 1.807) is 6.20 Å². The van der Waals surface area contributed by atoms with Crippen LogP contribution < -0.4 is 5.32 Å². The second-order valence-corrected chi connectivity index (χ2v) is 6.32. The standard InChI is InChI=1S/C18H22N2O/c1-13-5-6-14(11-19-13)12-20-17(21)15-7-9-16(10-8-15)18(2,3)4/h5-11H,12H2,1-4H3,(H,20,21). The van der Waals surface area contributed by atoms with E-state index in [1.807, 2.05) is 43.3 Å². The zero-order valence-corrected chi connectivity index (χ0v) is 13.1. The van der Waals surface area contributed by atoms with Crippen molar-refractivity contribution in [1.29, 1.82) is 0 Å². The van der Waals surface area contributed by atoms with Crippen molar-refractivity contribution in [3.63, 3.8) is 0 Å². The van der Waals surface area contributed by atoms with Gasteiger partial charge in [-0.15, -0.1) is 0 Å². The molecule has 1 amide bonds. The summed E-state index contributed by atoms with van der Waals surface area (Å²) in [5, 5.41) is 2.91. The van der Waals surface area contributed by atoms with Gasteiger partial charge in [-0.05, 0) is 41.7 Å². The topological polar surface area (TPSA) is 42.0 Å². The normalized spacial score (nSPS) is 11.2. The number of nitrogens with zero attached hydrogens (tertiary/aromatic N) is 1. The fourth-order valence-electron chi connectivity index (χ4n) is 2.01. The number of pyridine rings is 1. The molecule has 0 fully saturated rings. The number of nitrogens with one attached hydrogen (secondary N) is 1. The van der Waals surface area contributed by atoms with E-state index < -0.39 is 0 Å². The van der Waals surface area contributed by atoms with Gasteiger partial charge < -0.3 is 5.32 Å². The van der Waals surface area contributed by atoms with E-state index in [-0.39, 0.29) is 11.3 Å². The van der Waals surface area contributed by atoms with E-state index in [2.05, 4.69) is 31.1 Å². The van der Waals surface area contributed by atoms with Crippen LogP contribution in [-0.4, -0.2) is 10.9 Å². The van der Waals surface area contributed by atoms with E-state index in [1.165, 1.54) is 5.56 Å². The van der Waals surface area contributed by atoms with E-state index in [4.69, 9.17) is 0 Å². The molecule has 0 radical (unpaired) electrons. The summed E-state index contributed by atoms with van der Waals surface area (Å²) in [4.78, 5) is 16.3. The maximum atomic E-state index is 12.1. The summed E-state index contributed by atoms with van der Waals surface area (Å²) in [5.41, 5.74) is 3.98. The van der Waals surface area contributed by atoms with Crippen molar-refractivity contribution in [3.8, 4) is 0 Å². The summed E-state index contributed by atoms with van der Waals surface area (Å²) in [6.07, 6.45) is 1.79. The molecule has 0 aliphatic carbocycles. The molecule has 3 nitrogen and oxygen atoms in total. The van der Waals surface area contributed by atoms with Gasteiger partial charge in [0, 0.05) is 24.0 Å². The summed E-state index contributed by atoms with van der Waals surface area (Å²) in [6.45, 7) is 8.91. The molecule has 1 aromatic heterocycles. The highest BCUT2D eigenvalue weighted by atomic mass is 16.1. The first-order chi connectivity index (χ1) is 9.86. The Morgan fingerprint density at radius 3 is 2.29 bits per heavy atom. The molecule has 0 aliphatic rings. The second-order valence-electron chi connectivity index (χ2n) is 6.32. The molecule has 1 N–H and O–H groups in total. The Morgan fingerprint density at radius 1 is 1.10 bits per heavy atom. The number of aryl methyl sites for hydroxylation is 1. The number of amides is 1. The largest absolute Gasteiger partial charge is 0.348 e. The lowest BCUT2D eigenvalue weighted by molar-refractivity contribution is 0.0951. The van der Waals surface area contributed by atoms with Crippen molar-refractivity contribution in [1.82, 2.24) is 10.3 Å². The molecule has 0 unspecified atom stereocenters. The molecule has 0 saturated heterocycles. The minimum absolute atomic E-state index is 0.0592. The van der Waals surface area contributed by atoms with Crippen LogP contribution in [0.4, 0.5) is 0 Å². The van der Waals surface area contributed by atoms with Crippen molar-refractivity contribution >= 4 is 5.91 Å². The lowest BCUT2D eigenvalue weighted by atomic mass is 9.87. The average Bonchev–Trinajstić information content (AvgIpc) is 2.45. The monoisotopic (exact) mass is 282 g/mol. The van der Waals surface area contributed by atoms with E-state index in [9.17, 15) is 4.79 Å². The predicted molar refractivity (Wildman–Crippen MR) is 85.3 cm³/mol.